The molecule has 1 aromatic carbocycles. The molecule has 2 aromatic rings. The van der Waals surface area contributed by atoms with Gasteiger partial charge in [-0.3, -0.25) is 0 Å². The smallest absolute Gasteiger partial charge is 0.201 e. The van der Waals surface area contributed by atoms with Gasteiger partial charge in [0.1, 0.15) is 5.82 Å². The van der Waals surface area contributed by atoms with Crippen LogP contribution >= 0.6 is 0 Å². The Morgan fingerprint density at radius 1 is 1.05 bits per heavy atom. The lowest BCUT2D eigenvalue weighted by atomic mass is 10.1. The van der Waals surface area contributed by atoms with E-state index >= 15 is 0 Å². The Labute approximate surface area is 126 Å². The predicted molar refractivity (Wildman–Crippen MR) is 87.2 cm³/mol. The fourth-order valence-electron chi connectivity index (χ4n) is 2.53. The summed E-state index contributed by atoms with van der Waals surface area (Å²) in [6, 6.07) is 4.61. The van der Waals surface area contributed by atoms with Gasteiger partial charge in [-0.15, -0.1) is 0 Å². The number of aromatic nitrogens is 2. The Morgan fingerprint density at radius 3 is 2.52 bits per heavy atom. The van der Waals surface area contributed by atoms with E-state index in [-0.39, 0.29) is 5.82 Å². The minimum absolute atomic E-state index is 0.235. The van der Waals surface area contributed by atoms with Gasteiger partial charge in [-0.1, -0.05) is 51.9 Å². The zero-order valence-electron chi connectivity index (χ0n) is 12.9. The number of imidazole rings is 1. The highest BCUT2D eigenvalue weighted by Gasteiger charge is 2.02. The second-order valence-corrected chi connectivity index (χ2v) is 5.65. The predicted octanol–water partition coefficient (Wildman–Crippen LogP) is 5.25. The van der Waals surface area contributed by atoms with Crippen molar-refractivity contribution in [2.24, 2.45) is 0 Å². The van der Waals surface area contributed by atoms with Crippen molar-refractivity contribution >= 4 is 17.0 Å². The average molecular weight is 291 g/mol. The first-order valence-corrected chi connectivity index (χ1v) is 8.18. The maximum atomic E-state index is 13.1. The minimum atomic E-state index is -0.235. The Hall–Kier alpha value is -1.58. The zero-order chi connectivity index (χ0) is 14.9. The molecule has 0 aliphatic heterocycles. The summed E-state index contributed by atoms with van der Waals surface area (Å²) in [7, 11) is 0. The number of halogens is 1. The second kappa shape index (κ2) is 8.65. The number of hydrogen-bond donors (Lipinski definition) is 2. The largest absolute Gasteiger partial charge is 0.356 e. The van der Waals surface area contributed by atoms with Gasteiger partial charge in [0.05, 0.1) is 11.0 Å². The van der Waals surface area contributed by atoms with Crippen LogP contribution in [0.15, 0.2) is 18.2 Å². The highest BCUT2D eigenvalue weighted by Crippen LogP contribution is 2.15. The number of anilines is 1. The van der Waals surface area contributed by atoms with Crippen molar-refractivity contribution in [3.05, 3.63) is 24.0 Å². The standard InChI is InChI=1S/C17H26FN3/c1-2-3-4-5-6-7-8-9-12-19-17-20-15-11-10-14(18)13-16(15)21-17/h10-11,13H,2-9,12H2,1H3,(H2,19,20,21). The highest BCUT2D eigenvalue weighted by molar-refractivity contribution is 5.77. The molecule has 0 spiro atoms. The number of nitrogens with zero attached hydrogens (tertiary/aromatic N) is 1. The van der Waals surface area contributed by atoms with Crippen LogP contribution in [0, 0.1) is 5.82 Å². The quantitative estimate of drug-likeness (QED) is 0.587. The Bertz CT molecular complexity index is 536. The molecule has 116 valence electrons. The molecule has 0 fully saturated rings. The molecule has 21 heavy (non-hydrogen) atoms. The van der Waals surface area contributed by atoms with Gasteiger partial charge in [0, 0.05) is 6.54 Å². The van der Waals surface area contributed by atoms with Crippen LogP contribution in [0.2, 0.25) is 0 Å². The first kappa shape index (κ1) is 15.8. The Morgan fingerprint density at radius 2 is 1.76 bits per heavy atom. The van der Waals surface area contributed by atoms with Crippen LogP contribution in [0.25, 0.3) is 11.0 Å². The van der Waals surface area contributed by atoms with Gasteiger partial charge in [0.25, 0.3) is 0 Å². The summed E-state index contributed by atoms with van der Waals surface area (Å²) in [6.45, 7) is 3.16. The van der Waals surface area contributed by atoms with Crippen molar-refractivity contribution in [3.63, 3.8) is 0 Å². The first-order valence-electron chi connectivity index (χ1n) is 8.18. The molecule has 1 aromatic heterocycles. The van der Waals surface area contributed by atoms with Crippen LogP contribution in [0.4, 0.5) is 10.3 Å². The summed E-state index contributed by atoms with van der Waals surface area (Å²) >= 11 is 0. The molecule has 0 saturated carbocycles. The van der Waals surface area contributed by atoms with Crippen LogP contribution in [0.1, 0.15) is 58.3 Å². The number of nitrogens with one attached hydrogen (secondary N) is 2. The van der Waals surface area contributed by atoms with Crippen LogP contribution < -0.4 is 5.32 Å². The van der Waals surface area contributed by atoms with Gasteiger partial charge in [-0.05, 0) is 24.6 Å². The lowest BCUT2D eigenvalue weighted by Crippen LogP contribution is -2.02. The molecule has 0 atom stereocenters. The fourth-order valence-corrected chi connectivity index (χ4v) is 2.53. The number of aromatic amines is 1. The molecule has 0 bridgehead atoms. The molecule has 0 amide bonds. The Kier molecular flexibility index (Phi) is 6.51. The first-order chi connectivity index (χ1) is 10.3. The number of unbranched alkanes of at least 4 members (excludes halogenated alkanes) is 7. The molecule has 0 unspecified atom stereocenters. The molecule has 2 N–H and O–H groups in total. The van der Waals surface area contributed by atoms with E-state index in [0.29, 0.717) is 0 Å². The molecule has 0 saturated heterocycles. The van der Waals surface area contributed by atoms with Crippen LogP contribution in [0.5, 0.6) is 0 Å². The third-order valence-electron chi connectivity index (χ3n) is 3.77. The van der Waals surface area contributed by atoms with Crippen molar-refractivity contribution < 1.29 is 4.39 Å². The third kappa shape index (κ3) is 5.37. The van der Waals surface area contributed by atoms with E-state index in [1.54, 1.807) is 6.07 Å². The second-order valence-electron chi connectivity index (χ2n) is 5.65. The normalized spacial score (nSPS) is 11.1. The summed E-state index contributed by atoms with van der Waals surface area (Å²) in [5, 5.41) is 3.28. The summed E-state index contributed by atoms with van der Waals surface area (Å²) in [5.74, 6) is 0.499. The third-order valence-corrected chi connectivity index (χ3v) is 3.77. The van der Waals surface area contributed by atoms with Crippen LogP contribution in [-0.2, 0) is 0 Å². The summed E-state index contributed by atoms with van der Waals surface area (Å²) < 4.78 is 13.1. The maximum Gasteiger partial charge on any atom is 0.201 e. The van der Waals surface area contributed by atoms with E-state index in [4.69, 9.17) is 0 Å². The van der Waals surface area contributed by atoms with Crippen LogP contribution in [0.3, 0.4) is 0 Å². The van der Waals surface area contributed by atoms with Gasteiger partial charge >= 0.3 is 0 Å². The lowest BCUT2D eigenvalue weighted by molar-refractivity contribution is 0.581. The maximum absolute atomic E-state index is 13.1. The van der Waals surface area contributed by atoms with Gasteiger partial charge < -0.3 is 10.3 Å². The van der Waals surface area contributed by atoms with Gasteiger partial charge in [-0.2, -0.15) is 0 Å². The van der Waals surface area contributed by atoms with Crippen molar-refractivity contribution in [2.45, 2.75) is 58.3 Å². The molecule has 0 radical (unpaired) electrons. The van der Waals surface area contributed by atoms with E-state index in [2.05, 4.69) is 22.2 Å². The molecule has 1 heterocycles. The Balaban J connectivity index is 1.59. The number of fused-ring (bicyclic) bond motifs is 1. The topological polar surface area (TPSA) is 40.7 Å². The van der Waals surface area contributed by atoms with Crippen LogP contribution in [-0.4, -0.2) is 16.5 Å². The number of benzene rings is 1. The minimum Gasteiger partial charge on any atom is -0.356 e. The number of H-pyrrole nitrogens is 1. The van der Waals surface area contributed by atoms with Crippen molar-refractivity contribution in [3.8, 4) is 0 Å². The van der Waals surface area contributed by atoms with E-state index in [1.807, 2.05) is 0 Å². The molecular formula is C17H26FN3. The van der Waals surface area contributed by atoms with E-state index in [9.17, 15) is 4.39 Å². The monoisotopic (exact) mass is 291 g/mol. The number of rotatable bonds is 10. The molecule has 0 aliphatic rings. The van der Waals surface area contributed by atoms with Gasteiger partial charge in [0.2, 0.25) is 5.95 Å². The number of hydrogen-bond acceptors (Lipinski definition) is 2. The lowest BCUT2D eigenvalue weighted by Gasteiger charge is -2.03. The van der Waals surface area contributed by atoms with E-state index in [1.165, 1.54) is 57.1 Å². The average Bonchev–Trinajstić information content (AvgIpc) is 2.87. The summed E-state index contributed by atoms with van der Waals surface area (Å²) in [5.41, 5.74) is 1.54. The van der Waals surface area contributed by atoms with Crippen molar-refractivity contribution in [1.82, 2.24) is 9.97 Å². The molecule has 4 heteroatoms. The summed E-state index contributed by atoms with van der Waals surface area (Å²) in [4.78, 5) is 7.49. The zero-order valence-corrected chi connectivity index (χ0v) is 12.9. The van der Waals surface area contributed by atoms with Gasteiger partial charge in [-0.25, -0.2) is 9.37 Å². The van der Waals surface area contributed by atoms with E-state index in [0.717, 1.165) is 29.9 Å². The van der Waals surface area contributed by atoms with Gasteiger partial charge in [0.15, 0.2) is 0 Å². The van der Waals surface area contributed by atoms with Crippen molar-refractivity contribution in [1.29, 1.82) is 0 Å². The van der Waals surface area contributed by atoms with Crippen molar-refractivity contribution in [2.75, 3.05) is 11.9 Å². The molecule has 3 nitrogen and oxygen atoms in total. The SMILES string of the molecule is CCCCCCCCCCNc1nc2ccc(F)cc2[nH]1. The van der Waals surface area contributed by atoms with E-state index < -0.39 is 0 Å². The highest BCUT2D eigenvalue weighted by atomic mass is 19.1. The molecule has 0 aliphatic carbocycles. The fraction of sp³-hybridized carbons (Fsp3) is 0.588. The molecule has 2 rings (SSSR count). The summed E-state index contributed by atoms with van der Waals surface area (Å²) in [6.07, 6.45) is 10.5. The molecular weight excluding hydrogens is 265 g/mol.